The fraction of sp³-hybridized carbons (Fsp3) is 0.533. The van der Waals surface area contributed by atoms with E-state index < -0.39 is 0 Å². The molecule has 0 aliphatic heterocycles. The number of ether oxygens (including phenoxy) is 1. The monoisotopic (exact) mass is 405 g/mol. The van der Waals surface area contributed by atoms with E-state index in [9.17, 15) is 5.11 Å². The number of methoxy groups -OCH3 is 1. The predicted octanol–water partition coefficient (Wildman–Crippen LogP) is 2.76. The van der Waals surface area contributed by atoms with E-state index in [1.165, 1.54) is 19.3 Å². The molecule has 0 atom stereocenters. The van der Waals surface area contributed by atoms with Crippen molar-refractivity contribution in [3.8, 4) is 11.5 Å². The summed E-state index contributed by atoms with van der Waals surface area (Å²) < 4.78 is 5.13. The summed E-state index contributed by atoms with van der Waals surface area (Å²) in [6, 6.07) is 5.53. The van der Waals surface area contributed by atoms with E-state index in [2.05, 4.69) is 10.3 Å². The summed E-state index contributed by atoms with van der Waals surface area (Å²) in [5.74, 6) is 1.35. The Bertz CT molecular complexity index is 474. The molecule has 118 valence electrons. The van der Waals surface area contributed by atoms with Crippen LogP contribution in [0.25, 0.3) is 0 Å². The average molecular weight is 405 g/mol. The van der Waals surface area contributed by atoms with Gasteiger partial charge >= 0.3 is 0 Å². The van der Waals surface area contributed by atoms with Gasteiger partial charge in [0.25, 0.3) is 0 Å². The number of aliphatic imine (C=N–C) groups is 1. The van der Waals surface area contributed by atoms with E-state index in [4.69, 9.17) is 10.5 Å². The summed E-state index contributed by atoms with van der Waals surface area (Å²) in [7, 11) is 1.60. The van der Waals surface area contributed by atoms with Crippen LogP contribution in [-0.2, 0) is 6.54 Å². The largest absolute Gasteiger partial charge is 0.508 e. The highest BCUT2D eigenvalue weighted by Gasteiger charge is 2.13. The SMILES string of the molecule is COc1ccc(O)c(CN=C(N)NC2CCCCC2)c1.I. The van der Waals surface area contributed by atoms with Gasteiger partial charge in [-0.15, -0.1) is 24.0 Å². The number of benzene rings is 1. The summed E-state index contributed by atoms with van der Waals surface area (Å²) in [6.45, 7) is 0.342. The fourth-order valence-electron chi connectivity index (χ4n) is 2.49. The third-order valence-corrected chi connectivity index (χ3v) is 3.66. The van der Waals surface area contributed by atoms with Crippen molar-refractivity contribution in [3.05, 3.63) is 23.8 Å². The molecule has 4 N–H and O–H groups in total. The van der Waals surface area contributed by atoms with Crippen molar-refractivity contribution in [2.24, 2.45) is 10.7 Å². The van der Waals surface area contributed by atoms with E-state index in [1.54, 1.807) is 25.3 Å². The van der Waals surface area contributed by atoms with E-state index in [0.29, 0.717) is 29.9 Å². The second kappa shape index (κ2) is 8.96. The highest BCUT2D eigenvalue weighted by molar-refractivity contribution is 14.0. The lowest BCUT2D eigenvalue weighted by molar-refractivity contribution is 0.410. The zero-order chi connectivity index (χ0) is 14.4. The van der Waals surface area contributed by atoms with Crippen molar-refractivity contribution in [2.75, 3.05) is 7.11 Å². The van der Waals surface area contributed by atoms with Crippen LogP contribution in [0, 0.1) is 0 Å². The maximum Gasteiger partial charge on any atom is 0.189 e. The van der Waals surface area contributed by atoms with Crippen LogP contribution in [0.3, 0.4) is 0 Å². The standard InChI is InChI=1S/C15H23N3O2.HI/c1-20-13-7-8-14(19)11(9-13)10-17-15(16)18-12-5-3-2-4-6-12;/h7-9,12,19H,2-6,10H2,1H3,(H3,16,17,18);1H. The van der Waals surface area contributed by atoms with Gasteiger partial charge in [0.1, 0.15) is 11.5 Å². The van der Waals surface area contributed by atoms with Gasteiger partial charge in [0.05, 0.1) is 13.7 Å². The molecule has 0 aromatic heterocycles. The second-order valence-electron chi connectivity index (χ2n) is 5.18. The molecule has 5 nitrogen and oxygen atoms in total. The van der Waals surface area contributed by atoms with Crippen LogP contribution in [0.4, 0.5) is 0 Å². The Morgan fingerprint density at radius 1 is 1.38 bits per heavy atom. The molecular formula is C15H24IN3O2. The number of nitrogens with zero attached hydrogens (tertiary/aromatic N) is 1. The van der Waals surface area contributed by atoms with Crippen molar-refractivity contribution in [3.63, 3.8) is 0 Å². The first-order valence-electron chi connectivity index (χ1n) is 7.11. The zero-order valence-corrected chi connectivity index (χ0v) is 14.7. The maximum atomic E-state index is 9.78. The number of rotatable bonds is 4. The lowest BCUT2D eigenvalue weighted by Crippen LogP contribution is -2.41. The van der Waals surface area contributed by atoms with Gasteiger partial charge in [0, 0.05) is 11.6 Å². The van der Waals surface area contributed by atoms with E-state index >= 15 is 0 Å². The van der Waals surface area contributed by atoms with Gasteiger partial charge < -0.3 is 20.9 Å². The Hall–Kier alpha value is -1.18. The number of nitrogens with one attached hydrogen (secondary N) is 1. The average Bonchev–Trinajstić information content (AvgIpc) is 2.47. The number of aromatic hydroxyl groups is 1. The van der Waals surface area contributed by atoms with Crippen molar-refractivity contribution < 1.29 is 9.84 Å². The molecule has 21 heavy (non-hydrogen) atoms. The minimum absolute atomic E-state index is 0. The molecule has 0 bridgehead atoms. The molecule has 0 amide bonds. The molecule has 1 aromatic rings. The molecule has 1 saturated carbocycles. The van der Waals surface area contributed by atoms with E-state index in [-0.39, 0.29) is 29.7 Å². The van der Waals surface area contributed by atoms with Gasteiger partial charge in [-0.2, -0.15) is 0 Å². The van der Waals surface area contributed by atoms with Crippen LogP contribution < -0.4 is 15.8 Å². The van der Waals surface area contributed by atoms with Crippen molar-refractivity contribution >= 4 is 29.9 Å². The van der Waals surface area contributed by atoms with Crippen molar-refractivity contribution in [1.29, 1.82) is 0 Å². The van der Waals surface area contributed by atoms with Crippen molar-refractivity contribution in [1.82, 2.24) is 5.32 Å². The Morgan fingerprint density at radius 2 is 2.10 bits per heavy atom. The highest BCUT2D eigenvalue weighted by atomic mass is 127. The third kappa shape index (κ3) is 5.61. The molecule has 1 aliphatic carbocycles. The Kier molecular flexibility index (Phi) is 7.63. The number of halogens is 1. The fourth-order valence-corrected chi connectivity index (χ4v) is 2.49. The van der Waals surface area contributed by atoms with Crippen LogP contribution in [0.1, 0.15) is 37.7 Å². The molecule has 2 rings (SSSR count). The first kappa shape index (κ1) is 17.9. The molecule has 0 spiro atoms. The minimum Gasteiger partial charge on any atom is -0.508 e. The van der Waals surface area contributed by atoms with Crippen LogP contribution in [0.2, 0.25) is 0 Å². The molecule has 1 fully saturated rings. The van der Waals surface area contributed by atoms with Crippen molar-refractivity contribution in [2.45, 2.75) is 44.7 Å². The summed E-state index contributed by atoms with van der Waals surface area (Å²) in [6.07, 6.45) is 6.12. The Balaban J connectivity index is 0.00000220. The lowest BCUT2D eigenvalue weighted by Gasteiger charge is -2.23. The van der Waals surface area contributed by atoms with Gasteiger partial charge in [0.2, 0.25) is 0 Å². The number of hydrogen-bond acceptors (Lipinski definition) is 3. The van der Waals surface area contributed by atoms with Crippen LogP contribution in [0.5, 0.6) is 11.5 Å². The third-order valence-electron chi connectivity index (χ3n) is 3.66. The molecule has 0 saturated heterocycles. The number of phenolic OH excluding ortho intramolecular Hbond substituents is 1. The first-order chi connectivity index (χ1) is 9.69. The number of phenols is 1. The van der Waals surface area contributed by atoms with E-state index in [0.717, 1.165) is 12.8 Å². The van der Waals surface area contributed by atoms with E-state index in [1.807, 2.05) is 0 Å². The highest BCUT2D eigenvalue weighted by Crippen LogP contribution is 2.23. The Morgan fingerprint density at radius 3 is 2.76 bits per heavy atom. The van der Waals surface area contributed by atoms with Crippen LogP contribution in [0.15, 0.2) is 23.2 Å². The molecule has 0 radical (unpaired) electrons. The quantitative estimate of drug-likeness (QED) is 0.409. The van der Waals surface area contributed by atoms with Crippen LogP contribution >= 0.6 is 24.0 Å². The lowest BCUT2D eigenvalue weighted by atomic mass is 9.96. The summed E-state index contributed by atoms with van der Waals surface area (Å²) >= 11 is 0. The minimum atomic E-state index is 0. The predicted molar refractivity (Wildman–Crippen MR) is 95.4 cm³/mol. The van der Waals surface area contributed by atoms with Gasteiger partial charge in [-0.05, 0) is 31.0 Å². The number of nitrogens with two attached hydrogens (primary N) is 1. The molecule has 0 heterocycles. The topological polar surface area (TPSA) is 79.9 Å². The smallest absolute Gasteiger partial charge is 0.189 e. The van der Waals surface area contributed by atoms with Crippen LogP contribution in [-0.4, -0.2) is 24.2 Å². The first-order valence-corrected chi connectivity index (χ1v) is 7.11. The van der Waals surface area contributed by atoms with Gasteiger partial charge in [-0.25, -0.2) is 4.99 Å². The van der Waals surface area contributed by atoms with Gasteiger partial charge in [0.15, 0.2) is 5.96 Å². The second-order valence-corrected chi connectivity index (χ2v) is 5.18. The zero-order valence-electron chi connectivity index (χ0n) is 12.3. The molecule has 0 unspecified atom stereocenters. The van der Waals surface area contributed by atoms with Gasteiger partial charge in [-0.1, -0.05) is 19.3 Å². The summed E-state index contributed by atoms with van der Waals surface area (Å²) in [5.41, 5.74) is 6.61. The maximum absolute atomic E-state index is 9.78. The number of hydrogen-bond donors (Lipinski definition) is 3. The molecule has 6 heteroatoms. The summed E-state index contributed by atoms with van der Waals surface area (Å²) in [4.78, 5) is 4.29. The molecular weight excluding hydrogens is 381 g/mol. The molecule has 1 aliphatic rings. The van der Waals surface area contributed by atoms with Gasteiger partial charge in [-0.3, -0.25) is 0 Å². The molecule has 1 aromatic carbocycles. The number of guanidine groups is 1. The normalized spacial score (nSPS) is 16.1. The Labute approximate surface area is 143 Å². The summed E-state index contributed by atoms with van der Waals surface area (Å²) in [5, 5.41) is 13.0.